The fourth-order valence-corrected chi connectivity index (χ4v) is 4.34. The minimum Gasteiger partial charge on any atom is -0.395 e. The molecule has 0 saturated heterocycles. The first-order valence-electron chi connectivity index (χ1n) is 9.79. The van der Waals surface area contributed by atoms with Crippen LogP contribution in [0.2, 0.25) is 0 Å². The van der Waals surface area contributed by atoms with E-state index in [9.17, 15) is 10.2 Å². The number of benzene rings is 4. The maximum Gasteiger partial charge on any atom is 0.130 e. The first-order chi connectivity index (χ1) is 14.2. The second-order valence-electron chi connectivity index (χ2n) is 7.24. The maximum atomic E-state index is 12.6. The standard InChI is InChI=1S/C27H24O2/c28-21-26(22-13-5-1-6-14-22,23-15-7-2-8-16-23)27(29,24-17-9-3-10-18-24)25-19-11-4-12-20-25/h1-20,28-29H,21H2. The predicted octanol–water partition coefficient (Wildman–Crippen LogP) is 4.90. The van der Waals surface area contributed by atoms with Gasteiger partial charge in [0.2, 0.25) is 0 Å². The molecule has 29 heavy (non-hydrogen) atoms. The van der Waals surface area contributed by atoms with Crippen molar-refractivity contribution in [3.05, 3.63) is 144 Å². The summed E-state index contributed by atoms with van der Waals surface area (Å²) in [7, 11) is 0. The van der Waals surface area contributed by atoms with Gasteiger partial charge in [0, 0.05) is 0 Å². The molecule has 0 aliphatic carbocycles. The lowest BCUT2D eigenvalue weighted by atomic mass is 9.58. The topological polar surface area (TPSA) is 40.5 Å². The molecule has 2 heteroatoms. The minimum atomic E-state index is -1.49. The molecule has 0 amide bonds. The molecule has 144 valence electrons. The summed E-state index contributed by atoms with van der Waals surface area (Å²) in [5.74, 6) is 0. The summed E-state index contributed by atoms with van der Waals surface area (Å²) >= 11 is 0. The molecule has 0 bridgehead atoms. The second-order valence-corrected chi connectivity index (χ2v) is 7.24. The smallest absolute Gasteiger partial charge is 0.130 e. The van der Waals surface area contributed by atoms with Gasteiger partial charge in [0.15, 0.2) is 0 Å². The van der Waals surface area contributed by atoms with Crippen molar-refractivity contribution in [2.24, 2.45) is 0 Å². The Morgan fingerprint density at radius 2 is 0.724 bits per heavy atom. The minimum absolute atomic E-state index is 0.263. The van der Waals surface area contributed by atoms with Gasteiger partial charge in [-0.15, -0.1) is 0 Å². The van der Waals surface area contributed by atoms with Crippen LogP contribution in [0.5, 0.6) is 0 Å². The first-order valence-corrected chi connectivity index (χ1v) is 9.79. The van der Waals surface area contributed by atoms with Crippen molar-refractivity contribution < 1.29 is 10.2 Å². The zero-order valence-corrected chi connectivity index (χ0v) is 16.1. The summed E-state index contributed by atoms with van der Waals surface area (Å²) in [5.41, 5.74) is 0.569. The Hall–Kier alpha value is -3.20. The van der Waals surface area contributed by atoms with Gasteiger partial charge in [0.05, 0.1) is 12.0 Å². The highest BCUT2D eigenvalue weighted by Crippen LogP contribution is 2.51. The number of aliphatic hydroxyl groups is 2. The molecule has 0 aromatic heterocycles. The van der Waals surface area contributed by atoms with E-state index in [1.54, 1.807) is 0 Å². The molecule has 0 heterocycles. The fraction of sp³-hybridized carbons (Fsp3) is 0.111. The van der Waals surface area contributed by atoms with Crippen LogP contribution in [0.25, 0.3) is 0 Å². The van der Waals surface area contributed by atoms with Crippen LogP contribution in [0.15, 0.2) is 121 Å². The molecule has 4 aromatic carbocycles. The van der Waals surface area contributed by atoms with Crippen LogP contribution in [-0.4, -0.2) is 16.8 Å². The second kappa shape index (κ2) is 8.04. The van der Waals surface area contributed by atoms with Gasteiger partial charge in [-0.3, -0.25) is 0 Å². The summed E-state index contributed by atoms with van der Waals surface area (Å²) in [5, 5.41) is 23.6. The Kier molecular flexibility index (Phi) is 5.30. The Morgan fingerprint density at radius 1 is 0.448 bits per heavy atom. The van der Waals surface area contributed by atoms with Crippen molar-refractivity contribution in [1.29, 1.82) is 0 Å². The van der Waals surface area contributed by atoms with Crippen LogP contribution in [0, 0.1) is 0 Å². The van der Waals surface area contributed by atoms with Gasteiger partial charge in [-0.1, -0.05) is 121 Å². The van der Waals surface area contributed by atoms with E-state index < -0.39 is 11.0 Å². The molecular formula is C27H24O2. The van der Waals surface area contributed by atoms with Crippen molar-refractivity contribution in [1.82, 2.24) is 0 Å². The average molecular weight is 380 g/mol. The van der Waals surface area contributed by atoms with Gasteiger partial charge in [0.25, 0.3) is 0 Å². The SMILES string of the molecule is OCC(c1ccccc1)(c1ccccc1)C(O)(c1ccccc1)c1ccccc1. The molecule has 0 spiro atoms. The number of aliphatic hydroxyl groups excluding tert-OH is 1. The van der Waals surface area contributed by atoms with E-state index >= 15 is 0 Å². The molecule has 0 radical (unpaired) electrons. The van der Waals surface area contributed by atoms with E-state index in [-0.39, 0.29) is 6.61 Å². The van der Waals surface area contributed by atoms with Crippen molar-refractivity contribution in [3.63, 3.8) is 0 Å². The molecule has 4 aromatic rings. The Morgan fingerprint density at radius 3 is 1.00 bits per heavy atom. The lowest BCUT2D eigenvalue weighted by Crippen LogP contribution is -2.53. The molecule has 2 N–H and O–H groups in total. The molecule has 0 fully saturated rings. The first kappa shape index (κ1) is 19.1. The van der Waals surface area contributed by atoms with Crippen molar-refractivity contribution in [3.8, 4) is 0 Å². The number of rotatable bonds is 6. The Bertz CT molecular complexity index is 950. The lowest BCUT2D eigenvalue weighted by Gasteiger charge is -2.48. The van der Waals surface area contributed by atoms with Crippen LogP contribution in [0.4, 0.5) is 0 Å². The normalized spacial score (nSPS) is 11.9. The van der Waals surface area contributed by atoms with E-state index in [1.807, 2.05) is 121 Å². The summed E-state index contributed by atoms with van der Waals surface area (Å²) in [4.78, 5) is 0. The average Bonchev–Trinajstić information content (AvgIpc) is 2.82. The summed E-state index contributed by atoms with van der Waals surface area (Å²) < 4.78 is 0. The molecule has 2 nitrogen and oxygen atoms in total. The van der Waals surface area contributed by atoms with Gasteiger partial charge in [0.1, 0.15) is 5.60 Å². The van der Waals surface area contributed by atoms with E-state index in [0.29, 0.717) is 0 Å². The number of hydrogen-bond acceptors (Lipinski definition) is 2. The van der Waals surface area contributed by atoms with Gasteiger partial charge in [-0.05, 0) is 22.3 Å². The van der Waals surface area contributed by atoms with Crippen LogP contribution in [0.3, 0.4) is 0 Å². The van der Waals surface area contributed by atoms with Crippen LogP contribution < -0.4 is 0 Å². The highest BCUT2D eigenvalue weighted by molar-refractivity contribution is 5.53. The largest absolute Gasteiger partial charge is 0.395 e. The van der Waals surface area contributed by atoms with Crippen LogP contribution in [0.1, 0.15) is 22.3 Å². The molecule has 4 rings (SSSR count). The summed E-state index contributed by atoms with van der Waals surface area (Å²) in [6.07, 6.45) is 0. The van der Waals surface area contributed by atoms with Gasteiger partial charge < -0.3 is 10.2 Å². The van der Waals surface area contributed by atoms with Crippen LogP contribution in [-0.2, 0) is 11.0 Å². The van der Waals surface area contributed by atoms with Crippen molar-refractivity contribution in [2.75, 3.05) is 6.61 Å². The molecule has 0 atom stereocenters. The Labute approximate surface area is 171 Å². The molecule has 0 aliphatic heterocycles. The van der Waals surface area contributed by atoms with Crippen LogP contribution >= 0.6 is 0 Å². The van der Waals surface area contributed by atoms with Gasteiger partial charge in [-0.25, -0.2) is 0 Å². The Balaban J connectivity index is 2.13. The molecule has 0 saturated carbocycles. The number of hydrogen-bond donors (Lipinski definition) is 2. The molecular weight excluding hydrogens is 356 g/mol. The van der Waals surface area contributed by atoms with Crippen molar-refractivity contribution in [2.45, 2.75) is 11.0 Å². The zero-order valence-electron chi connectivity index (χ0n) is 16.1. The fourth-order valence-electron chi connectivity index (χ4n) is 4.34. The highest BCUT2D eigenvalue weighted by Gasteiger charge is 2.54. The van der Waals surface area contributed by atoms with E-state index in [2.05, 4.69) is 0 Å². The lowest BCUT2D eigenvalue weighted by molar-refractivity contribution is -0.0161. The molecule has 0 aliphatic rings. The molecule has 0 unspecified atom stereocenters. The van der Waals surface area contributed by atoms with E-state index in [4.69, 9.17) is 0 Å². The summed E-state index contributed by atoms with van der Waals surface area (Å²) in [6, 6.07) is 38.8. The van der Waals surface area contributed by atoms with Crippen molar-refractivity contribution >= 4 is 0 Å². The zero-order chi connectivity index (χ0) is 20.2. The quantitative estimate of drug-likeness (QED) is 0.499. The monoisotopic (exact) mass is 380 g/mol. The van der Waals surface area contributed by atoms with E-state index in [0.717, 1.165) is 22.3 Å². The third-order valence-corrected chi connectivity index (χ3v) is 5.77. The highest BCUT2D eigenvalue weighted by atomic mass is 16.3. The third kappa shape index (κ3) is 3.07. The van der Waals surface area contributed by atoms with E-state index in [1.165, 1.54) is 0 Å². The third-order valence-electron chi connectivity index (χ3n) is 5.77. The summed E-state index contributed by atoms with van der Waals surface area (Å²) in [6.45, 7) is -0.263. The maximum absolute atomic E-state index is 12.6. The van der Waals surface area contributed by atoms with Gasteiger partial charge in [-0.2, -0.15) is 0 Å². The predicted molar refractivity (Wildman–Crippen MR) is 117 cm³/mol. The van der Waals surface area contributed by atoms with Gasteiger partial charge >= 0.3 is 0 Å².